The van der Waals surface area contributed by atoms with E-state index in [-0.39, 0.29) is 0 Å². The molecule has 2 aromatic rings. The first-order valence-electron chi connectivity index (χ1n) is 6.97. The fourth-order valence-electron chi connectivity index (χ4n) is 2.84. The van der Waals surface area contributed by atoms with Gasteiger partial charge in [-0.2, -0.15) is 5.10 Å². The second-order valence-corrected chi connectivity index (χ2v) is 5.19. The summed E-state index contributed by atoms with van der Waals surface area (Å²) in [6, 6.07) is 2.88. The molecule has 0 amide bonds. The van der Waals surface area contributed by atoms with E-state index in [1.165, 1.54) is 25.7 Å². The molecule has 0 radical (unpaired) electrons. The third-order valence-electron chi connectivity index (χ3n) is 3.78. The van der Waals surface area contributed by atoms with Gasteiger partial charge in [0.05, 0.1) is 18.8 Å². The highest BCUT2D eigenvalue weighted by Gasteiger charge is 2.26. The van der Waals surface area contributed by atoms with Crippen LogP contribution in [0.4, 0.5) is 0 Å². The van der Waals surface area contributed by atoms with Crippen molar-refractivity contribution in [1.82, 2.24) is 20.1 Å². The molecule has 19 heavy (non-hydrogen) atoms. The molecule has 1 N–H and O–H groups in total. The van der Waals surface area contributed by atoms with E-state index in [9.17, 15) is 0 Å². The summed E-state index contributed by atoms with van der Waals surface area (Å²) >= 11 is 0. The molecule has 0 spiro atoms. The Labute approximate surface area is 113 Å². The molecular weight excluding hydrogens is 240 g/mol. The van der Waals surface area contributed by atoms with Crippen LogP contribution in [0.1, 0.15) is 43.4 Å². The summed E-state index contributed by atoms with van der Waals surface area (Å²) in [5.74, 6) is 1.63. The molecule has 2 atom stereocenters. The monoisotopic (exact) mass is 260 g/mol. The van der Waals surface area contributed by atoms with Crippen LogP contribution in [0.2, 0.25) is 0 Å². The lowest BCUT2D eigenvalue weighted by molar-refractivity contribution is 0.239. The Morgan fingerprint density at radius 1 is 1.42 bits per heavy atom. The van der Waals surface area contributed by atoms with Gasteiger partial charge in [-0.1, -0.05) is 12.8 Å². The maximum Gasteiger partial charge on any atom is 0.208 e. The average Bonchev–Trinajstić information content (AvgIpc) is 3.08. The van der Waals surface area contributed by atoms with Crippen molar-refractivity contribution in [2.75, 3.05) is 0 Å². The molecule has 5 heteroatoms. The summed E-state index contributed by atoms with van der Waals surface area (Å²) < 4.78 is 7.59. The topological polar surface area (TPSA) is 55.9 Å². The van der Waals surface area contributed by atoms with E-state index in [0.29, 0.717) is 18.6 Å². The lowest BCUT2D eigenvalue weighted by Gasteiger charge is -2.32. The standard InChI is InChI=1S/C14H20N4O/c1-11-9-16-14(19-11)10-15-12-5-2-3-6-13(12)18-8-4-7-17-18/h4,7-9,12-13,15H,2-3,5-6,10H2,1H3. The summed E-state index contributed by atoms with van der Waals surface area (Å²) in [5.41, 5.74) is 0. The van der Waals surface area contributed by atoms with Gasteiger partial charge in [0.2, 0.25) is 5.89 Å². The molecule has 102 valence electrons. The Morgan fingerprint density at radius 3 is 3.05 bits per heavy atom. The molecule has 3 rings (SSSR count). The number of aromatic nitrogens is 3. The normalized spacial score (nSPS) is 23.6. The number of rotatable bonds is 4. The van der Waals surface area contributed by atoms with Crippen LogP contribution < -0.4 is 5.32 Å². The maximum atomic E-state index is 5.50. The van der Waals surface area contributed by atoms with Gasteiger partial charge in [0.25, 0.3) is 0 Å². The fraction of sp³-hybridized carbons (Fsp3) is 0.571. The smallest absolute Gasteiger partial charge is 0.208 e. The van der Waals surface area contributed by atoms with Crippen LogP contribution >= 0.6 is 0 Å². The first-order valence-corrected chi connectivity index (χ1v) is 6.97. The van der Waals surface area contributed by atoms with Crippen molar-refractivity contribution >= 4 is 0 Å². The van der Waals surface area contributed by atoms with Crippen molar-refractivity contribution in [3.8, 4) is 0 Å². The van der Waals surface area contributed by atoms with Gasteiger partial charge in [-0.05, 0) is 25.8 Å². The van der Waals surface area contributed by atoms with Gasteiger partial charge in [0, 0.05) is 18.4 Å². The molecule has 0 saturated heterocycles. The van der Waals surface area contributed by atoms with Gasteiger partial charge in [0.15, 0.2) is 0 Å². The van der Waals surface area contributed by atoms with Crippen LogP contribution in [0.5, 0.6) is 0 Å². The summed E-state index contributed by atoms with van der Waals surface area (Å²) in [7, 11) is 0. The Balaban J connectivity index is 1.64. The molecule has 2 heterocycles. The minimum atomic E-state index is 0.444. The highest BCUT2D eigenvalue weighted by Crippen LogP contribution is 2.28. The number of hydrogen-bond acceptors (Lipinski definition) is 4. The van der Waals surface area contributed by atoms with Crippen molar-refractivity contribution in [2.45, 2.75) is 51.2 Å². The van der Waals surface area contributed by atoms with Gasteiger partial charge in [-0.15, -0.1) is 0 Å². The van der Waals surface area contributed by atoms with Crippen molar-refractivity contribution in [2.24, 2.45) is 0 Å². The van der Waals surface area contributed by atoms with E-state index in [0.717, 1.165) is 11.7 Å². The lowest BCUT2D eigenvalue weighted by atomic mass is 9.90. The summed E-state index contributed by atoms with van der Waals surface area (Å²) in [6.45, 7) is 2.61. The fourth-order valence-corrected chi connectivity index (χ4v) is 2.84. The van der Waals surface area contributed by atoms with Crippen LogP contribution in [0.3, 0.4) is 0 Å². The summed E-state index contributed by atoms with van der Waals surface area (Å²) in [5, 5.41) is 7.96. The minimum absolute atomic E-state index is 0.444. The first kappa shape index (κ1) is 12.4. The molecule has 2 unspecified atom stereocenters. The number of nitrogens with zero attached hydrogens (tertiary/aromatic N) is 3. The zero-order valence-corrected chi connectivity index (χ0v) is 11.2. The predicted molar refractivity (Wildman–Crippen MR) is 71.6 cm³/mol. The van der Waals surface area contributed by atoms with Crippen molar-refractivity contribution in [3.05, 3.63) is 36.3 Å². The molecule has 5 nitrogen and oxygen atoms in total. The Bertz CT molecular complexity index is 505. The number of aryl methyl sites for hydroxylation is 1. The van der Waals surface area contributed by atoms with Crippen molar-refractivity contribution in [3.63, 3.8) is 0 Å². The van der Waals surface area contributed by atoms with E-state index in [1.54, 1.807) is 6.20 Å². The Kier molecular flexibility index (Phi) is 3.64. The van der Waals surface area contributed by atoms with Crippen LogP contribution in [0, 0.1) is 6.92 Å². The van der Waals surface area contributed by atoms with E-state index in [1.807, 2.05) is 19.2 Å². The first-order chi connectivity index (χ1) is 9.33. The highest BCUT2D eigenvalue weighted by atomic mass is 16.4. The molecule has 0 aromatic carbocycles. The highest BCUT2D eigenvalue weighted by molar-refractivity contribution is 4.93. The van der Waals surface area contributed by atoms with Gasteiger partial charge in [-0.3, -0.25) is 4.68 Å². The van der Waals surface area contributed by atoms with Crippen LogP contribution in [0.25, 0.3) is 0 Å². The number of nitrogens with one attached hydrogen (secondary N) is 1. The van der Waals surface area contributed by atoms with Crippen LogP contribution in [-0.4, -0.2) is 20.8 Å². The van der Waals surface area contributed by atoms with E-state index in [2.05, 4.69) is 26.3 Å². The lowest BCUT2D eigenvalue weighted by Crippen LogP contribution is -2.39. The van der Waals surface area contributed by atoms with Gasteiger partial charge >= 0.3 is 0 Å². The second kappa shape index (κ2) is 5.57. The predicted octanol–water partition coefficient (Wildman–Crippen LogP) is 2.45. The minimum Gasteiger partial charge on any atom is -0.445 e. The molecule has 0 bridgehead atoms. The van der Waals surface area contributed by atoms with E-state index >= 15 is 0 Å². The molecule has 0 aliphatic heterocycles. The number of oxazole rings is 1. The second-order valence-electron chi connectivity index (χ2n) is 5.19. The third-order valence-corrected chi connectivity index (χ3v) is 3.78. The van der Waals surface area contributed by atoms with Crippen LogP contribution in [0.15, 0.2) is 29.1 Å². The Hall–Kier alpha value is -1.62. The summed E-state index contributed by atoms with van der Waals surface area (Å²) in [4.78, 5) is 4.24. The van der Waals surface area contributed by atoms with E-state index in [4.69, 9.17) is 4.42 Å². The van der Waals surface area contributed by atoms with Crippen LogP contribution in [-0.2, 0) is 6.54 Å². The van der Waals surface area contributed by atoms with E-state index < -0.39 is 0 Å². The third kappa shape index (κ3) is 2.87. The van der Waals surface area contributed by atoms with Gasteiger partial charge in [0.1, 0.15) is 5.76 Å². The molecule has 1 fully saturated rings. The molecule has 1 saturated carbocycles. The molecule has 1 aliphatic rings. The zero-order chi connectivity index (χ0) is 13.1. The van der Waals surface area contributed by atoms with Gasteiger partial charge < -0.3 is 9.73 Å². The maximum absolute atomic E-state index is 5.50. The van der Waals surface area contributed by atoms with Crippen molar-refractivity contribution in [1.29, 1.82) is 0 Å². The number of hydrogen-bond donors (Lipinski definition) is 1. The molecular formula is C14H20N4O. The largest absolute Gasteiger partial charge is 0.445 e. The quantitative estimate of drug-likeness (QED) is 0.917. The molecule has 1 aliphatic carbocycles. The average molecular weight is 260 g/mol. The van der Waals surface area contributed by atoms with Gasteiger partial charge in [-0.25, -0.2) is 4.98 Å². The zero-order valence-electron chi connectivity index (χ0n) is 11.2. The molecule has 2 aromatic heterocycles. The summed E-state index contributed by atoms with van der Waals surface area (Å²) in [6.07, 6.45) is 10.6. The van der Waals surface area contributed by atoms with Crippen molar-refractivity contribution < 1.29 is 4.42 Å². The Morgan fingerprint density at radius 2 is 2.32 bits per heavy atom. The SMILES string of the molecule is Cc1cnc(CNC2CCCCC2n2cccn2)o1.